The number of fused-ring (bicyclic) bond motifs is 5. The maximum atomic E-state index is 12.9. The summed E-state index contributed by atoms with van der Waals surface area (Å²) in [5.74, 6) is -2.51. The van der Waals surface area contributed by atoms with Crippen molar-refractivity contribution in [2.24, 2.45) is 52.3 Å². The molecule has 13 unspecified atom stereocenters. The standard InChI is InChI=1S/C41H72O18S/c1-19(2)21(12-15-55-37-35(30(45)23(43)17-56-37)58-38-34(54-7)31(46)25(53-6)18-57-38)9-8-20(3)27-32(47)33(48)36-40(27,5)14-11-26-39(4)13-10-22(42)29(44)28(39)24(16-41(26,36)49)59-60(50,51)52/h19-38,42-49H,8-18H2,1-7H3,(H,50,51,52)/t20-,21-,22+,23?,24?,25?,26?,27+,28?,29+,30?,31?,32-,33?,34?,35?,36?,37?,38?,39-,40-,41+/m1/s1. The highest BCUT2D eigenvalue weighted by molar-refractivity contribution is 7.80. The second kappa shape index (κ2) is 18.7. The van der Waals surface area contributed by atoms with Gasteiger partial charge in [-0.3, -0.25) is 4.55 Å². The molecule has 2 aliphatic heterocycles. The predicted molar refractivity (Wildman–Crippen MR) is 210 cm³/mol. The molecule has 9 N–H and O–H groups in total. The van der Waals surface area contributed by atoms with E-state index in [2.05, 4.69) is 13.8 Å². The van der Waals surface area contributed by atoms with Crippen LogP contribution < -0.4 is 0 Å². The third kappa shape index (κ3) is 8.97. The van der Waals surface area contributed by atoms with Crippen LogP contribution in [0.4, 0.5) is 0 Å². The summed E-state index contributed by atoms with van der Waals surface area (Å²) in [7, 11) is -2.20. The number of ether oxygens (including phenoxy) is 6. The summed E-state index contributed by atoms with van der Waals surface area (Å²) in [6.07, 6.45) is -11.8. The van der Waals surface area contributed by atoms with Crippen LogP contribution >= 0.6 is 0 Å². The molecule has 0 aromatic rings. The Hall–Kier alpha value is -0.690. The first-order valence-electron chi connectivity index (χ1n) is 21.7. The van der Waals surface area contributed by atoms with Crippen molar-refractivity contribution >= 4 is 10.4 Å². The second-order valence-corrected chi connectivity index (χ2v) is 20.8. The molecule has 0 spiro atoms. The largest absolute Gasteiger partial charge is 0.397 e. The molecule has 2 saturated heterocycles. The smallest absolute Gasteiger partial charge is 0.390 e. The van der Waals surface area contributed by atoms with Crippen molar-refractivity contribution in [1.29, 1.82) is 0 Å². The van der Waals surface area contributed by atoms with Crippen LogP contribution in [0.5, 0.6) is 0 Å². The van der Waals surface area contributed by atoms with Crippen LogP contribution in [0.25, 0.3) is 0 Å². The van der Waals surface area contributed by atoms with Crippen molar-refractivity contribution in [3.8, 4) is 0 Å². The van der Waals surface area contributed by atoms with Crippen LogP contribution in [-0.2, 0) is 43.0 Å². The number of aliphatic hydroxyl groups is 8. The molecule has 4 saturated carbocycles. The molecular weight excluding hydrogens is 812 g/mol. The number of hydrogen-bond acceptors (Lipinski definition) is 17. The molecule has 0 aromatic heterocycles. The van der Waals surface area contributed by atoms with Crippen molar-refractivity contribution in [2.45, 2.75) is 171 Å². The lowest BCUT2D eigenvalue weighted by atomic mass is 9.41. The van der Waals surface area contributed by atoms with Gasteiger partial charge in [0.25, 0.3) is 0 Å². The van der Waals surface area contributed by atoms with Crippen LogP contribution in [0.15, 0.2) is 0 Å². The van der Waals surface area contributed by atoms with Gasteiger partial charge in [0.2, 0.25) is 0 Å². The fourth-order valence-electron chi connectivity index (χ4n) is 13.2. The SMILES string of the molecule is COC1COC(OC2C(OCC[C@@H](CC[C@@H](C)[C@H]3[C@@H](O)C(O)C4[C@]5(O)CC(OS(=O)(=O)O)C6[C@@H](O)[C@@H](O)CC[C@]6(C)C5CC[C@@]43C)C(C)C)OCC(O)C2O)C(OC)C1O. The first-order valence-corrected chi connectivity index (χ1v) is 23.1. The van der Waals surface area contributed by atoms with E-state index in [1.807, 2.05) is 20.8 Å². The highest BCUT2D eigenvalue weighted by atomic mass is 32.3. The highest BCUT2D eigenvalue weighted by Gasteiger charge is 2.74. The summed E-state index contributed by atoms with van der Waals surface area (Å²) in [5.41, 5.74) is -3.42. The summed E-state index contributed by atoms with van der Waals surface area (Å²) in [4.78, 5) is 0. The Morgan fingerprint density at radius 3 is 2.03 bits per heavy atom. The molecule has 0 aromatic carbocycles. The van der Waals surface area contributed by atoms with Crippen LogP contribution in [0.3, 0.4) is 0 Å². The number of methoxy groups -OCH3 is 2. The maximum absolute atomic E-state index is 12.9. The summed E-state index contributed by atoms with van der Waals surface area (Å²) in [6.45, 7) is 10.1. The third-order valence-corrected chi connectivity index (χ3v) is 16.6. The van der Waals surface area contributed by atoms with Crippen molar-refractivity contribution in [2.75, 3.05) is 34.0 Å². The topological polar surface area (TPSA) is 281 Å². The van der Waals surface area contributed by atoms with Crippen molar-refractivity contribution in [1.82, 2.24) is 0 Å². The van der Waals surface area contributed by atoms with E-state index in [1.54, 1.807) is 0 Å². The lowest BCUT2D eigenvalue weighted by molar-refractivity contribution is -0.346. The van der Waals surface area contributed by atoms with Gasteiger partial charge in [-0.2, -0.15) is 8.42 Å². The van der Waals surface area contributed by atoms with E-state index in [1.165, 1.54) is 14.2 Å². The van der Waals surface area contributed by atoms with Crippen LogP contribution in [0, 0.1) is 52.3 Å². The summed E-state index contributed by atoms with van der Waals surface area (Å²) in [6, 6.07) is 0. The van der Waals surface area contributed by atoms with E-state index in [-0.39, 0.29) is 50.4 Å². The van der Waals surface area contributed by atoms with Gasteiger partial charge < -0.3 is 69.3 Å². The minimum absolute atomic E-state index is 0.00952. The zero-order valence-electron chi connectivity index (χ0n) is 35.9. The molecule has 6 aliphatic rings. The molecule has 6 fully saturated rings. The summed E-state index contributed by atoms with van der Waals surface area (Å²) in [5, 5.41) is 90.5. The quantitative estimate of drug-likeness (QED) is 0.0989. The Kier molecular flexibility index (Phi) is 15.2. The Labute approximate surface area is 353 Å². The molecular formula is C41H72O18S. The molecule has 60 heavy (non-hydrogen) atoms. The van der Waals surface area contributed by atoms with Gasteiger partial charge in [0.1, 0.15) is 36.6 Å². The molecule has 22 atom stereocenters. The lowest BCUT2D eigenvalue weighted by Crippen LogP contribution is -2.71. The first-order chi connectivity index (χ1) is 28.0. The van der Waals surface area contributed by atoms with E-state index in [4.69, 9.17) is 32.6 Å². The monoisotopic (exact) mass is 884 g/mol. The van der Waals surface area contributed by atoms with E-state index >= 15 is 0 Å². The first kappa shape index (κ1) is 48.8. The summed E-state index contributed by atoms with van der Waals surface area (Å²) >= 11 is 0. The van der Waals surface area contributed by atoms with Gasteiger partial charge in [0.15, 0.2) is 12.6 Å². The highest BCUT2D eigenvalue weighted by Crippen LogP contribution is 2.70. The van der Waals surface area contributed by atoms with Gasteiger partial charge in [-0.25, -0.2) is 4.18 Å². The average molecular weight is 885 g/mol. The van der Waals surface area contributed by atoms with Crippen LogP contribution in [0.1, 0.15) is 86.0 Å². The number of rotatable bonds is 15. The Balaban J connectivity index is 1.12. The van der Waals surface area contributed by atoms with E-state index < -0.39 is 130 Å². The number of aliphatic hydroxyl groups excluding tert-OH is 7. The maximum Gasteiger partial charge on any atom is 0.397 e. The number of hydrogen-bond donors (Lipinski definition) is 9. The third-order valence-electron chi connectivity index (χ3n) is 16.1. The van der Waals surface area contributed by atoms with E-state index in [0.717, 1.165) is 6.42 Å². The fraction of sp³-hybridized carbons (Fsp3) is 1.00. The molecule has 18 nitrogen and oxygen atoms in total. The Bertz CT molecular complexity index is 1540. The molecule has 0 radical (unpaired) electrons. The average Bonchev–Trinajstić information content (AvgIpc) is 3.37. The van der Waals surface area contributed by atoms with Gasteiger partial charge in [-0.15, -0.1) is 0 Å². The fourth-order valence-corrected chi connectivity index (χ4v) is 13.7. The molecule has 4 aliphatic carbocycles. The summed E-state index contributed by atoms with van der Waals surface area (Å²) < 4.78 is 73.7. The van der Waals surface area contributed by atoms with E-state index in [9.17, 15) is 53.8 Å². The van der Waals surface area contributed by atoms with Gasteiger partial charge in [0, 0.05) is 32.5 Å². The lowest BCUT2D eigenvalue weighted by Gasteiger charge is -2.66. The molecule has 350 valence electrons. The molecule has 19 heteroatoms. The normalized spacial score (nSPS) is 49.5. The van der Waals surface area contributed by atoms with Crippen molar-refractivity contribution in [3.05, 3.63) is 0 Å². The van der Waals surface area contributed by atoms with Crippen molar-refractivity contribution < 1.29 is 86.4 Å². The van der Waals surface area contributed by atoms with Crippen LogP contribution in [-0.4, -0.2) is 173 Å². The minimum Gasteiger partial charge on any atom is -0.390 e. The minimum atomic E-state index is -5.03. The van der Waals surface area contributed by atoms with Crippen molar-refractivity contribution in [3.63, 3.8) is 0 Å². The molecule has 6 rings (SSSR count). The van der Waals surface area contributed by atoms with Gasteiger partial charge in [-0.05, 0) is 78.9 Å². The van der Waals surface area contributed by atoms with Gasteiger partial charge in [-0.1, -0.05) is 41.0 Å². The van der Waals surface area contributed by atoms with Gasteiger partial charge >= 0.3 is 10.4 Å². The predicted octanol–water partition coefficient (Wildman–Crippen LogP) is 0.137. The second-order valence-electron chi connectivity index (χ2n) is 19.7. The molecule has 0 bridgehead atoms. The Morgan fingerprint density at radius 1 is 0.733 bits per heavy atom. The van der Waals surface area contributed by atoms with Crippen LogP contribution in [0.2, 0.25) is 0 Å². The Morgan fingerprint density at radius 2 is 1.40 bits per heavy atom. The van der Waals surface area contributed by atoms with E-state index in [0.29, 0.717) is 32.1 Å². The zero-order valence-corrected chi connectivity index (χ0v) is 36.7. The molecule has 0 amide bonds. The van der Waals surface area contributed by atoms with Gasteiger partial charge in [0.05, 0.1) is 55.9 Å². The molecule has 2 heterocycles. The zero-order chi connectivity index (χ0) is 44.3.